The Balaban J connectivity index is 2.62. The van der Waals surface area contributed by atoms with Crippen LogP contribution in [-0.4, -0.2) is 6.61 Å². The SMILES string of the molecule is CC(C)(C#N)CCCOc1c(Cl)cc(Cl)cc1CN. The molecule has 0 atom stereocenters. The van der Waals surface area contributed by atoms with Crippen LogP contribution in [0.25, 0.3) is 0 Å². The second-order valence-electron chi connectivity index (χ2n) is 5.03. The van der Waals surface area contributed by atoms with Gasteiger partial charge in [-0.3, -0.25) is 0 Å². The molecule has 0 radical (unpaired) electrons. The minimum absolute atomic E-state index is 0.319. The van der Waals surface area contributed by atoms with Crippen molar-refractivity contribution in [3.8, 4) is 11.8 Å². The van der Waals surface area contributed by atoms with Gasteiger partial charge in [0.05, 0.1) is 23.1 Å². The van der Waals surface area contributed by atoms with Gasteiger partial charge in [0.1, 0.15) is 5.75 Å². The first-order valence-electron chi connectivity index (χ1n) is 6.11. The number of benzene rings is 1. The van der Waals surface area contributed by atoms with Crippen LogP contribution in [0.1, 0.15) is 32.3 Å². The lowest BCUT2D eigenvalue weighted by Crippen LogP contribution is -2.11. The van der Waals surface area contributed by atoms with Gasteiger partial charge in [-0.05, 0) is 38.8 Å². The number of nitrogens with two attached hydrogens (primary N) is 1. The average Bonchev–Trinajstić information content (AvgIpc) is 2.35. The number of halogens is 2. The lowest BCUT2D eigenvalue weighted by molar-refractivity contribution is 0.282. The van der Waals surface area contributed by atoms with Crippen LogP contribution < -0.4 is 10.5 Å². The highest BCUT2D eigenvalue weighted by Crippen LogP contribution is 2.32. The lowest BCUT2D eigenvalue weighted by Gasteiger charge is -2.16. The quantitative estimate of drug-likeness (QED) is 0.802. The summed E-state index contributed by atoms with van der Waals surface area (Å²) in [6, 6.07) is 5.65. The number of rotatable bonds is 6. The Morgan fingerprint density at radius 1 is 1.37 bits per heavy atom. The molecule has 104 valence electrons. The summed E-state index contributed by atoms with van der Waals surface area (Å²) in [4.78, 5) is 0. The molecule has 0 aliphatic carbocycles. The van der Waals surface area contributed by atoms with Crippen molar-refractivity contribution in [3.63, 3.8) is 0 Å². The Morgan fingerprint density at radius 3 is 2.63 bits per heavy atom. The van der Waals surface area contributed by atoms with E-state index in [1.807, 2.05) is 13.8 Å². The smallest absolute Gasteiger partial charge is 0.142 e. The molecule has 0 bridgehead atoms. The molecule has 0 aliphatic heterocycles. The third kappa shape index (κ3) is 4.91. The van der Waals surface area contributed by atoms with E-state index < -0.39 is 0 Å². The normalized spacial score (nSPS) is 11.2. The fraction of sp³-hybridized carbons (Fsp3) is 0.500. The standard InChI is InChI=1S/C14H18Cl2N2O/c1-14(2,9-18)4-3-5-19-13-10(8-17)6-11(15)7-12(13)16/h6-7H,3-5,8,17H2,1-2H3. The van der Waals surface area contributed by atoms with Crippen LogP contribution in [0.2, 0.25) is 10.0 Å². The molecule has 1 rings (SSSR count). The number of hydrogen-bond donors (Lipinski definition) is 1. The molecule has 3 nitrogen and oxygen atoms in total. The molecule has 0 aromatic heterocycles. The lowest BCUT2D eigenvalue weighted by atomic mass is 9.90. The van der Waals surface area contributed by atoms with Crippen molar-refractivity contribution in [1.29, 1.82) is 5.26 Å². The van der Waals surface area contributed by atoms with Crippen molar-refractivity contribution in [1.82, 2.24) is 0 Å². The van der Waals surface area contributed by atoms with Crippen molar-refractivity contribution >= 4 is 23.2 Å². The molecule has 0 aliphatic rings. The summed E-state index contributed by atoms with van der Waals surface area (Å²) in [5.74, 6) is 0.586. The van der Waals surface area contributed by atoms with Gasteiger partial charge in [-0.15, -0.1) is 0 Å². The third-order valence-electron chi connectivity index (χ3n) is 2.80. The summed E-state index contributed by atoms with van der Waals surface area (Å²) in [6.07, 6.45) is 1.55. The molecule has 5 heteroatoms. The van der Waals surface area contributed by atoms with E-state index in [2.05, 4.69) is 6.07 Å². The summed E-state index contributed by atoms with van der Waals surface area (Å²) in [5.41, 5.74) is 6.10. The van der Waals surface area contributed by atoms with Gasteiger partial charge in [-0.1, -0.05) is 23.2 Å². The summed E-state index contributed by atoms with van der Waals surface area (Å²) >= 11 is 12.0. The Morgan fingerprint density at radius 2 is 2.05 bits per heavy atom. The maximum absolute atomic E-state index is 8.92. The zero-order chi connectivity index (χ0) is 14.5. The highest BCUT2D eigenvalue weighted by molar-refractivity contribution is 6.35. The number of ether oxygens (including phenoxy) is 1. The van der Waals surface area contributed by atoms with Gasteiger partial charge in [0.25, 0.3) is 0 Å². The Hall–Kier alpha value is -0.950. The first-order chi connectivity index (χ1) is 8.89. The van der Waals surface area contributed by atoms with Crippen molar-refractivity contribution < 1.29 is 4.74 Å². The van der Waals surface area contributed by atoms with Crippen LogP contribution in [0, 0.1) is 16.7 Å². The van der Waals surface area contributed by atoms with Crippen LogP contribution in [0.5, 0.6) is 5.75 Å². The molecule has 19 heavy (non-hydrogen) atoms. The van der Waals surface area contributed by atoms with E-state index in [0.29, 0.717) is 28.9 Å². The van der Waals surface area contributed by atoms with Gasteiger partial charge >= 0.3 is 0 Å². The van der Waals surface area contributed by atoms with E-state index in [1.165, 1.54) is 0 Å². The highest BCUT2D eigenvalue weighted by Gasteiger charge is 2.16. The van der Waals surface area contributed by atoms with Crippen LogP contribution >= 0.6 is 23.2 Å². The van der Waals surface area contributed by atoms with Crippen molar-refractivity contribution in [2.24, 2.45) is 11.1 Å². The van der Waals surface area contributed by atoms with Gasteiger partial charge in [-0.2, -0.15) is 5.26 Å². The Bertz CT molecular complexity index is 481. The number of nitriles is 1. The van der Waals surface area contributed by atoms with Crippen molar-refractivity contribution in [2.45, 2.75) is 33.2 Å². The fourth-order valence-electron chi connectivity index (χ4n) is 1.67. The Labute approximate surface area is 124 Å². The van der Waals surface area contributed by atoms with Crippen molar-refractivity contribution in [3.05, 3.63) is 27.7 Å². The van der Waals surface area contributed by atoms with Crippen LogP contribution in [0.4, 0.5) is 0 Å². The van der Waals surface area contributed by atoms with Gasteiger partial charge in [0.15, 0.2) is 0 Å². The molecule has 0 saturated carbocycles. The minimum Gasteiger partial charge on any atom is -0.492 e. The van der Waals surface area contributed by atoms with Crippen molar-refractivity contribution in [2.75, 3.05) is 6.61 Å². The van der Waals surface area contributed by atoms with E-state index in [4.69, 9.17) is 38.9 Å². The molecule has 1 aromatic carbocycles. The zero-order valence-corrected chi connectivity index (χ0v) is 12.7. The Kier molecular flexibility index (Phi) is 5.93. The second-order valence-corrected chi connectivity index (χ2v) is 5.87. The molecule has 0 saturated heterocycles. The van der Waals surface area contributed by atoms with Crippen LogP contribution in [0.15, 0.2) is 12.1 Å². The fourth-order valence-corrected chi connectivity index (χ4v) is 2.26. The summed E-state index contributed by atoms with van der Waals surface area (Å²) in [5, 5.41) is 9.93. The predicted molar refractivity (Wildman–Crippen MR) is 78.5 cm³/mol. The monoisotopic (exact) mass is 300 g/mol. The topological polar surface area (TPSA) is 59.0 Å². The van der Waals surface area contributed by atoms with E-state index in [0.717, 1.165) is 18.4 Å². The summed E-state index contributed by atoms with van der Waals surface area (Å²) < 4.78 is 5.67. The molecular weight excluding hydrogens is 283 g/mol. The first-order valence-corrected chi connectivity index (χ1v) is 6.87. The third-order valence-corrected chi connectivity index (χ3v) is 3.30. The molecule has 1 aromatic rings. The molecule has 0 fully saturated rings. The number of hydrogen-bond acceptors (Lipinski definition) is 3. The van der Waals surface area contributed by atoms with Crippen LogP contribution in [0.3, 0.4) is 0 Å². The molecule has 0 amide bonds. The van der Waals surface area contributed by atoms with Gasteiger partial charge in [0, 0.05) is 17.1 Å². The molecule has 0 spiro atoms. The maximum atomic E-state index is 8.92. The van der Waals surface area contributed by atoms with Gasteiger partial charge in [0.2, 0.25) is 0 Å². The van der Waals surface area contributed by atoms with E-state index in [9.17, 15) is 0 Å². The summed E-state index contributed by atoms with van der Waals surface area (Å²) in [7, 11) is 0. The molecule has 0 heterocycles. The average molecular weight is 301 g/mol. The molecule has 0 unspecified atom stereocenters. The largest absolute Gasteiger partial charge is 0.492 e. The van der Waals surface area contributed by atoms with E-state index in [-0.39, 0.29) is 5.41 Å². The van der Waals surface area contributed by atoms with Gasteiger partial charge < -0.3 is 10.5 Å². The second kappa shape index (κ2) is 7.00. The predicted octanol–water partition coefficient (Wildman–Crippen LogP) is 4.16. The van der Waals surface area contributed by atoms with Crippen LogP contribution in [-0.2, 0) is 6.54 Å². The zero-order valence-electron chi connectivity index (χ0n) is 11.2. The first kappa shape index (κ1) is 16.1. The maximum Gasteiger partial charge on any atom is 0.142 e. The highest BCUT2D eigenvalue weighted by atomic mass is 35.5. The van der Waals surface area contributed by atoms with E-state index in [1.54, 1.807) is 12.1 Å². The molecule has 2 N–H and O–H groups in total. The van der Waals surface area contributed by atoms with E-state index >= 15 is 0 Å². The molecular formula is C14H18Cl2N2O. The number of nitrogens with zero attached hydrogens (tertiary/aromatic N) is 1. The minimum atomic E-state index is -0.330. The summed E-state index contributed by atoms with van der Waals surface area (Å²) in [6.45, 7) is 4.64. The van der Waals surface area contributed by atoms with Gasteiger partial charge in [-0.25, -0.2) is 0 Å².